The number of hydrogen-bond donors (Lipinski definition) is 2. The summed E-state index contributed by atoms with van der Waals surface area (Å²) in [5, 5.41) is 14.5. The van der Waals surface area contributed by atoms with Gasteiger partial charge in [0.2, 0.25) is 11.0 Å². The number of carbonyl (C=O) groups excluding carboxylic acids is 2. The minimum Gasteiger partial charge on any atom is -0.342 e. The molecular weight excluding hydrogens is 395 g/mol. The summed E-state index contributed by atoms with van der Waals surface area (Å²) in [5.41, 5.74) is 2.04. The topological polar surface area (TPSA) is 84.0 Å². The molecule has 9 heteroatoms. The Morgan fingerprint density at radius 3 is 2.58 bits per heavy atom. The standard InChI is InChI=1S/C17H20Cl2N4O2S/c1-4-10(3)12(20-15(25)13(18)19)14(24)21-17-23-22-16(26-17)11-7-5-6-9(2)8-11/h5-8,10,12-13H,4H2,1-3H3,(H,20,25)(H,21,23,24)/t10-,12-/m1/s1. The number of rotatable bonds is 7. The molecule has 140 valence electrons. The molecule has 0 unspecified atom stereocenters. The maximum atomic E-state index is 12.6. The molecule has 2 rings (SSSR count). The third-order valence-electron chi connectivity index (χ3n) is 3.91. The largest absolute Gasteiger partial charge is 0.342 e. The number of nitrogens with one attached hydrogen (secondary N) is 2. The quantitative estimate of drug-likeness (QED) is 0.674. The molecular formula is C17H20Cl2N4O2S. The number of nitrogens with zero attached hydrogens (tertiary/aromatic N) is 2. The number of amides is 2. The van der Waals surface area contributed by atoms with Crippen molar-refractivity contribution in [3.63, 3.8) is 0 Å². The third-order valence-corrected chi connectivity index (χ3v) is 5.20. The minimum absolute atomic E-state index is 0.102. The predicted molar refractivity (Wildman–Crippen MR) is 106 cm³/mol. The van der Waals surface area contributed by atoms with Gasteiger partial charge in [-0.2, -0.15) is 0 Å². The molecule has 0 saturated heterocycles. The fourth-order valence-corrected chi connectivity index (χ4v) is 3.14. The molecule has 1 heterocycles. The van der Waals surface area contributed by atoms with Crippen LogP contribution in [0.1, 0.15) is 25.8 Å². The molecule has 1 aromatic heterocycles. The number of aryl methyl sites for hydroxylation is 1. The van der Waals surface area contributed by atoms with Gasteiger partial charge >= 0.3 is 0 Å². The van der Waals surface area contributed by atoms with Gasteiger partial charge in [0.25, 0.3) is 5.91 Å². The van der Waals surface area contributed by atoms with Gasteiger partial charge in [-0.3, -0.25) is 14.9 Å². The average Bonchev–Trinajstić information content (AvgIpc) is 3.07. The molecule has 0 fully saturated rings. The molecule has 2 aromatic rings. The van der Waals surface area contributed by atoms with Gasteiger partial charge in [0.05, 0.1) is 0 Å². The third kappa shape index (κ3) is 5.40. The van der Waals surface area contributed by atoms with E-state index in [4.69, 9.17) is 23.2 Å². The van der Waals surface area contributed by atoms with Crippen LogP contribution in [0.5, 0.6) is 0 Å². The zero-order valence-electron chi connectivity index (χ0n) is 14.6. The SMILES string of the molecule is CC[C@@H](C)[C@@H](NC(=O)C(Cl)Cl)C(=O)Nc1nnc(-c2cccc(C)c2)s1. The smallest absolute Gasteiger partial charge is 0.253 e. The fraction of sp³-hybridized carbons (Fsp3) is 0.412. The van der Waals surface area contributed by atoms with E-state index in [1.54, 1.807) is 0 Å². The van der Waals surface area contributed by atoms with Crippen molar-refractivity contribution in [3.05, 3.63) is 29.8 Å². The monoisotopic (exact) mass is 414 g/mol. The van der Waals surface area contributed by atoms with Gasteiger partial charge in [-0.15, -0.1) is 10.2 Å². The van der Waals surface area contributed by atoms with Crippen LogP contribution >= 0.6 is 34.5 Å². The van der Waals surface area contributed by atoms with Gasteiger partial charge in [0.1, 0.15) is 11.0 Å². The van der Waals surface area contributed by atoms with Gasteiger partial charge in [-0.25, -0.2) is 0 Å². The number of anilines is 1. The molecule has 0 spiro atoms. The average molecular weight is 415 g/mol. The summed E-state index contributed by atoms with van der Waals surface area (Å²) in [6.07, 6.45) is 0.693. The zero-order valence-corrected chi connectivity index (χ0v) is 17.0. The van der Waals surface area contributed by atoms with E-state index in [1.807, 2.05) is 45.0 Å². The lowest BCUT2D eigenvalue weighted by atomic mass is 9.98. The lowest BCUT2D eigenvalue weighted by Gasteiger charge is -2.23. The Bertz CT molecular complexity index is 782. The molecule has 0 saturated carbocycles. The highest BCUT2D eigenvalue weighted by Gasteiger charge is 2.28. The number of halogens is 2. The van der Waals surface area contributed by atoms with Gasteiger partial charge in [0, 0.05) is 5.56 Å². The zero-order chi connectivity index (χ0) is 19.3. The van der Waals surface area contributed by atoms with E-state index in [0.29, 0.717) is 16.6 Å². The van der Waals surface area contributed by atoms with E-state index in [2.05, 4.69) is 20.8 Å². The van der Waals surface area contributed by atoms with Crippen molar-refractivity contribution >= 4 is 51.5 Å². The Labute approximate surface area is 166 Å². The van der Waals surface area contributed by atoms with E-state index >= 15 is 0 Å². The first kappa shape index (κ1) is 20.6. The predicted octanol–water partition coefficient (Wildman–Crippen LogP) is 3.79. The number of carbonyl (C=O) groups is 2. The number of aromatic nitrogens is 2. The van der Waals surface area contributed by atoms with Crippen LogP contribution in [0.2, 0.25) is 0 Å². The van der Waals surface area contributed by atoms with Crippen LogP contribution in [-0.4, -0.2) is 32.9 Å². The van der Waals surface area contributed by atoms with E-state index in [0.717, 1.165) is 11.1 Å². The first-order valence-electron chi connectivity index (χ1n) is 8.11. The Hall–Kier alpha value is -1.70. The van der Waals surface area contributed by atoms with Gasteiger partial charge < -0.3 is 5.32 Å². The summed E-state index contributed by atoms with van der Waals surface area (Å²) in [4.78, 5) is 23.1. The van der Waals surface area contributed by atoms with Gasteiger partial charge in [0.15, 0.2) is 4.84 Å². The van der Waals surface area contributed by atoms with Crippen molar-refractivity contribution < 1.29 is 9.59 Å². The van der Waals surface area contributed by atoms with Crippen LogP contribution in [0.15, 0.2) is 24.3 Å². The van der Waals surface area contributed by atoms with E-state index in [-0.39, 0.29) is 11.8 Å². The second kappa shape index (κ2) is 9.30. The van der Waals surface area contributed by atoms with E-state index in [9.17, 15) is 9.59 Å². The number of benzene rings is 1. The molecule has 0 aliphatic carbocycles. The van der Waals surface area contributed by atoms with Crippen LogP contribution in [0.4, 0.5) is 5.13 Å². The second-order valence-corrected chi connectivity index (χ2v) is 8.02. The highest BCUT2D eigenvalue weighted by atomic mass is 35.5. The summed E-state index contributed by atoms with van der Waals surface area (Å²) in [6, 6.07) is 7.10. The number of hydrogen-bond acceptors (Lipinski definition) is 5. The summed E-state index contributed by atoms with van der Waals surface area (Å²) < 4.78 is 0. The van der Waals surface area contributed by atoms with Crippen LogP contribution in [0.3, 0.4) is 0 Å². The molecule has 0 aliphatic heterocycles. The maximum absolute atomic E-state index is 12.6. The maximum Gasteiger partial charge on any atom is 0.253 e. The lowest BCUT2D eigenvalue weighted by molar-refractivity contribution is -0.126. The summed E-state index contributed by atoms with van der Waals surface area (Å²) >= 11 is 12.4. The van der Waals surface area contributed by atoms with Crippen LogP contribution in [-0.2, 0) is 9.59 Å². The van der Waals surface area contributed by atoms with E-state index < -0.39 is 16.8 Å². The van der Waals surface area contributed by atoms with Crippen molar-refractivity contribution in [2.24, 2.45) is 5.92 Å². The molecule has 1 aromatic carbocycles. The number of alkyl halides is 2. The Morgan fingerprint density at radius 1 is 1.23 bits per heavy atom. The molecule has 2 amide bonds. The minimum atomic E-state index is -1.23. The highest BCUT2D eigenvalue weighted by molar-refractivity contribution is 7.18. The highest BCUT2D eigenvalue weighted by Crippen LogP contribution is 2.27. The Morgan fingerprint density at radius 2 is 1.96 bits per heavy atom. The second-order valence-electron chi connectivity index (χ2n) is 5.94. The van der Waals surface area contributed by atoms with Crippen molar-refractivity contribution in [2.75, 3.05) is 5.32 Å². The van der Waals surface area contributed by atoms with Crippen LogP contribution in [0, 0.1) is 12.8 Å². The Kier molecular flexibility index (Phi) is 7.37. The molecule has 2 N–H and O–H groups in total. The summed E-state index contributed by atoms with van der Waals surface area (Å²) in [7, 11) is 0. The Balaban J connectivity index is 2.12. The summed E-state index contributed by atoms with van der Waals surface area (Å²) in [5.74, 6) is -1.09. The first-order valence-corrected chi connectivity index (χ1v) is 9.80. The van der Waals surface area contributed by atoms with Crippen LogP contribution < -0.4 is 10.6 Å². The molecule has 0 radical (unpaired) electrons. The summed E-state index contributed by atoms with van der Waals surface area (Å²) in [6.45, 7) is 5.78. The van der Waals surface area contributed by atoms with E-state index in [1.165, 1.54) is 11.3 Å². The lowest BCUT2D eigenvalue weighted by Crippen LogP contribution is -2.49. The molecule has 26 heavy (non-hydrogen) atoms. The van der Waals surface area contributed by atoms with Gasteiger partial charge in [-0.05, 0) is 18.9 Å². The van der Waals surface area contributed by atoms with Crippen molar-refractivity contribution in [2.45, 2.75) is 38.1 Å². The molecule has 2 atom stereocenters. The van der Waals surface area contributed by atoms with Crippen LogP contribution in [0.25, 0.3) is 10.6 Å². The molecule has 6 nitrogen and oxygen atoms in total. The molecule has 0 aliphatic rings. The van der Waals surface area contributed by atoms with Crippen molar-refractivity contribution in [1.29, 1.82) is 0 Å². The van der Waals surface area contributed by atoms with Gasteiger partial charge in [-0.1, -0.05) is 78.6 Å². The normalized spacial score (nSPS) is 13.3. The first-order chi connectivity index (χ1) is 12.3. The van der Waals surface area contributed by atoms with Crippen molar-refractivity contribution in [1.82, 2.24) is 15.5 Å². The fourth-order valence-electron chi connectivity index (χ4n) is 2.27. The van der Waals surface area contributed by atoms with Crippen molar-refractivity contribution in [3.8, 4) is 10.6 Å². The molecule has 0 bridgehead atoms.